The Bertz CT molecular complexity index is 278. The molecule has 0 aromatic carbocycles. The number of hydrogen-bond donors (Lipinski definition) is 4. The summed E-state index contributed by atoms with van der Waals surface area (Å²) in [5.74, 6) is 11.0. The Labute approximate surface area is 116 Å². The summed E-state index contributed by atoms with van der Waals surface area (Å²) < 4.78 is 0. The Hall–Kier alpha value is -0.440. The lowest BCUT2D eigenvalue weighted by Gasteiger charge is -2.24. The SMILES string of the molecule is CC(C)(CSSCC(C)(C)C(=O)NN)C(=O)NN. The molecule has 18 heavy (non-hydrogen) atoms. The Morgan fingerprint density at radius 2 is 1.17 bits per heavy atom. The minimum absolute atomic E-state index is 0.199. The second-order valence-electron chi connectivity index (χ2n) is 5.24. The van der Waals surface area contributed by atoms with Crippen LogP contribution in [0.5, 0.6) is 0 Å². The molecule has 6 nitrogen and oxygen atoms in total. The van der Waals surface area contributed by atoms with Crippen molar-refractivity contribution in [1.29, 1.82) is 0 Å². The van der Waals surface area contributed by atoms with Gasteiger partial charge in [-0.15, -0.1) is 0 Å². The molecular formula is C10H22N4O2S2. The van der Waals surface area contributed by atoms with Gasteiger partial charge in [0.05, 0.1) is 10.8 Å². The first-order chi connectivity index (χ1) is 8.17. The Morgan fingerprint density at radius 1 is 0.889 bits per heavy atom. The smallest absolute Gasteiger partial charge is 0.240 e. The first-order valence-corrected chi connectivity index (χ1v) is 7.92. The van der Waals surface area contributed by atoms with Gasteiger partial charge in [0.2, 0.25) is 11.8 Å². The molecule has 0 aromatic heterocycles. The van der Waals surface area contributed by atoms with Crippen LogP contribution >= 0.6 is 21.6 Å². The van der Waals surface area contributed by atoms with E-state index in [2.05, 4.69) is 10.9 Å². The van der Waals surface area contributed by atoms with E-state index in [4.69, 9.17) is 11.7 Å². The van der Waals surface area contributed by atoms with E-state index in [0.29, 0.717) is 11.5 Å². The second-order valence-corrected chi connectivity index (χ2v) is 7.70. The quantitative estimate of drug-likeness (QED) is 0.178. The third-order valence-corrected chi connectivity index (χ3v) is 5.47. The van der Waals surface area contributed by atoms with Crippen LogP contribution in [0.15, 0.2) is 0 Å². The van der Waals surface area contributed by atoms with Crippen molar-refractivity contribution in [2.75, 3.05) is 11.5 Å². The number of carbonyl (C=O) groups is 2. The van der Waals surface area contributed by atoms with Crippen LogP contribution in [0.4, 0.5) is 0 Å². The third kappa shape index (κ3) is 5.47. The van der Waals surface area contributed by atoms with Crippen LogP contribution in [0.25, 0.3) is 0 Å². The molecule has 2 amide bonds. The highest BCUT2D eigenvalue weighted by Gasteiger charge is 2.29. The highest BCUT2D eigenvalue weighted by Crippen LogP contribution is 2.34. The molecule has 0 unspecified atom stereocenters. The largest absolute Gasteiger partial charge is 0.294 e. The predicted molar refractivity (Wildman–Crippen MR) is 77.1 cm³/mol. The van der Waals surface area contributed by atoms with Crippen molar-refractivity contribution in [3.8, 4) is 0 Å². The van der Waals surface area contributed by atoms with Crippen molar-refractivity contribution < 1.29 is 9.59 Å². The van der Waals surface area contributed by atoms with Crippen molar-refractivity contribution in [1.82, 2.24) is 10.9 Å². The molecule has 0 heterocycles. The van der Waals surface area contributed by atoms with E-state index < -0.39 is 10.8 Å². The van der Waals surface area contributed by atoms with Crippen LogP contribution < -0.4 is 22.5 Å². The third-order valence-electron chi connectivity index (χ3n) is 2.41. The van der Waals surface area contributed by atoms with Gasteiger partial charge in [0, 0.05) is 11.5 Å². The van der Waals surface area contributed by atoms with Crippen LogP contribution in [-0.4, -0.2) is 23.3 Å². The number of carbonyl (C=O) groups excluding carboxylic acids is 2. The Balaban J connectivity index is 4.08. The zero-order chi connectivity index (χ0) is 14.4. The van der Waals surface area contributed by atoms with Gasteiger partial charge in [-0.25, -0.2) is 11.7 Å². The molecule has 0 saturated carbocycles. The standard InChI is InChI=1S/C10H22N4O2S2/c1-9(2,7(15)13-11)5-17-18-6-10(3,4)8(16)14-12/h5-6,11-12H2,1-4H3,(H,13,15)(H,14,16). The average molecular weight is 294 g/mol. The molecule has 8 heteroatoms. The van der Waals surface area contributed by atoms with Crippen molar-refractivity contribution in [2.24, 2.45) is 22.5 Å². The minimum atomic E-state index is -0.535. The Kier molecular flexibility index (Phi) is 7.05. The van der Waals surface area contributed by atoms with Crippen molar-refractivity contribution in [2.45, 2.75) is 27.7 Å². The summed E-state index contributed by atoms with van der Waals surface area (Å²) in [6, 6.07) is 0. The van der Waals surface area contributed by atoms with E-state index in [-0.39, 0.29) is 11.8 Å². The summed E-state index contributed by atoms with van der Waals surface area (Å²) >= 11 is 0. The fourth-order valence-electron chi connectivity index (χ4n) is 0.900. The molecule has 0 atom stereocenters. The summed E-state index contributed by atoms with van der Waals surface area (Å²) in [5.41, 5.74) is 3.23. The van der Waals surface area contributed by atoms with Gasteiger partial charge in [-0.2, -0.15) is 0 Å². The second kappa shape index (κ2) is 7.22. The number of hydrazine groups is 2. The van der Waals surface area contributed by atoms with Crippen LogP contribution in [0.3, 0.4) is 0 Å². The van der Waals surface area contributed by atoms with Gasteiger partial charge in [-0.3, -0.25) is 20.4 Å². The molecular weight excluding hydrogens is 272 g/mol. The van der Waals surface area contributed by atoms with Crippen LogP contribution in [0.2, 0.25) is 0 Å². The first-order valence-electron chi connectivity index (χ1n) is 5.44. The highest BCUT2D eigenvalue weighted by atomic mass is 33.1. The van der Waals surface area contributed by atoms with Crippen LogP contribution in [0, 0.1) is 10.8 Å². The summed E-state index contributed by atoms with van der Waals surface area (Å²) in [6.45, 7) is 7.28. The predicted octanol–water partition coefficient (Wildman–Crippen LogP) is 0.400. The fraction of sp³-hybridized carbons (Fsp3) is 0.800. The molecule has 0 aliphatic rings. The minimum Gasteiger partial charge on any atom is -0.294 e. The van der Waals surface area contributed by atoms with Gasteiger partial charge in [0.15, 0.2) is 0 Å². The molecule has 0 aromatic rings. The highest BCUT2D eigenvalue weighted by molar-refractivity contribution is 8.76. The van der Waals surface area contributed by atoms with Crippen molar-refractivity contribution >= 4 is 33.4 Å². The lowest BCUT2D eigenvalue weighted by atomic mass is 9.96. The lowest BCUT2D eigenvalue weighted by Crippen LogP contribution is -2.42. The van der Waals surface area contributed by atoms with E-state index in [1.807, 2.05) is 27.7 Å². The van der Waals surface area contributed by atoms with E-state index in [9.17, 15) is 9.59 Å². The maximum absolute atomic E-state index is 11.4. The molecule has 0 rings (SSSR count). The average Bonchev–Trinajstić information content (AvgIpc) is 2.32. The number of nitrogens with two attached hydrogens (primary N) is 2. The summed E-state index contributed by atoms with van der Waals surface area (Å²) in [7, 11) is 3.08. The molecule has 0 spiro atoms. The van der Waals surface area contributed by atoms with Crippen molar-refractivity contribution in [3.63, 3.8) is 0 Å². The number of rotatable bonds is 7. The molecule has 0 bridgehead atoms. The number of amides is 2. The summed E-state index contributed by atoms with van der Waals surface area (Å²) in [5, 5.41) is 0. The summed E-state index contributed by atoms with van der Waals surface area (Å²) in [4.78, 5) is 22.9. The zero-order valence-corrected chi connectivity index (χ0v) is 12.8. The van der Waals surface area contributed by atoms with E-state index >= 15 is 0 Å². The number of hydrogen-bond acceptors (Lipinski definition) is 6. The zero-order valence-electron chi connectivity index (χ0n) is 11.2. The molecule has 0 fully saturated rings. The van der Waals surface area contributed by atoms with Gasteiger partial charge in [0.1, 0.15) is 0 Å². The normalized spacial score (nSPS) is 12.1. The fourth-order valence-corrected chi connectivity index (χ4v) is 4.19. The molecule has 0 radical (unpaired) electrons. The van der Waals surface area contributed by atoms with Gasteiger partial charge in [-0.1, -0.05) is 49.3 Å². The van der Waals surface area contributed by atoms with Crippen LogP contribution in [-0.2, 0) is 9.59 Å². The molecule has 0 aliphatic heterocycles. The van der Waals surface area contributed by atoms with E-state index in [1.54, 1.807) is 0 Å². The number of nitrogens with one attached hydrogen (secondary N) is 2. The van der Waals surface area contributed by atoms with Crippen LogP contribution in [0.1, 0.15) is 27.7 Å². The van der Waals surface area contributed by atoms with Gasteiger partial charge in [0.25, 0.3) is 0 Å². The molecule has 6 N–H and O–H groups in total. The maximum atomic E-state index is 11.4. The maximum Gasteiger partial charge on any atom is 0.240 e. The summed E-state index contributed by atoms with van der Waals surface area (Å²) in [6.07, 6.45) is 0. The monoisotopic (exact) mass is 294 g/mol. The van der Waals surface area contributed by atoms with Gasteiger partial charge < -0.3 is 0 Å². The molecule has 106 valence electrons. The van der Waals surface area contributed by atoms with Crippen molar-refractivity contribution in [3.05, 3.63) is 0 Å². The lowest BCUT2D eigenvalue weighted by molar-refractivity contribution is -0.129. The van der Waals surface area contributed by atoms with E-state index in [1.165, 1.54) is 21.6 Å². The molecule has 0 aliphatic carbocycles. The topological polar surface area (TPSA) is 110 Å². The first kappa shape index (κ1) is 17.6. The molecule has 0 saturated heterocycles. The van der Waals surface area contributed by atoms with Gasteiger partial charge >= 0.3 is 0 Å². The Morgan fingerprint density at radius 3 is 1.39 bits per heavy atom. The van der Waals surface area contributed by atoms with E-state index in [0.717, 1.165) is 0 Å². The van der Waals surface area contributed by atoms with Gasteiger partial charge in [-0.05, 0) is 0 Å².